The van der Waals surface area contributed by atoms with E-state index >= 15 is 0 Å². The number of esters is 1. The molecule has 0 aliphatic carbocycles. The van der Waals surface area contributed by atoms with E-state index in [0.29, 0.717) is 21.5 Å². The molecule has 5 nitrogen and oxygen atoms in total. The first-order valence-corrected chi connectivity index (χ1v) is 10.6. The lowest BCUT2D eigenvalue weighted by Gasteiger charge is -2.25. The second-order valence-electron chi connectivity index (χ2n) is 5.98. The Bertz CT molecular complexity index is 820. The van der Waals surface area contributed by atoms with E-state index in [2.05, 4.69) is 17.1 Å². The van der Waals surface area contributed by atoms with Gasteiger partial charge in [-0.1, -0.05) is 18.5 Å². The van der Waals surface area contributed by atoms with Crippen LogP contribution in [0.15, 0.2) is 12.1 Å². The smallest absolute Gasteiger partial charge is 0.341 e. The molecule has 0 bridgehead atoms. The highest BCUT2D eigenvalue weighted by atomic mass is 35.5. The van der Waals surface area contributed by atoms with Gasteiger partial charge in [-0.05, 0) is 37.6 Å². The van der Waals surface area contributed by atoms with Crippen LogP contribution in [0, 0.1) is 0 Å². The summed E-state index contributed by atoms with van der Waals surface area (Å²) < 4.78 is 5.90. The molecule has 0 atom stereocenters. The molecule has 1 N–H and O–H groups in total. The first kappa shape index (κ1) is 22.2. The average Bonchev–Trinajstić information content (AvgIpc) is 3.16. The van der Waals surface area contributed by atoms with Crippen molar-refractivity contribution in [3.05, 3.63) is 37.4 Å². The van der Waals surface area contributed by atoms with Gasteiger partial charge in [0.05, 0.1) is 22.9 Å². The number of carbonyl (C=O) groups is 2. The topological polar surface area (TPSA) is 58.6 Å². The van der Waals surface area contributed by atoms with Gasteiger partial charge in [-0.25, -0.2) is 4.79 Å². The first-order chi connectivity index (χ1) is 12.5. The number of thiophene rings is 2. The molecule has 0 spiro atoms. The number of fused-ring (bicyclic) bond motifs is 1. The predicted molar refractivity (Wildman–Crippen MR) is 114 cm³/mol. The molecule has 0 radical (unpaired) electrons. The maximum Gasteiger partial charge on any atom is 0.341 e. The Labute approximate surface area is 178 Å². The highest BCUT2D eigenvalue weighted by Crippen LogP contribution is 2.37. The molecule has 3 heterocycles. The van der Waals surface area contributed by atoms with Gasteiger partial charge in [0.25, 0.3) is 0 Å². The lowest BCUT2D eigenvalue weighted by molar-refractivity contribution is -0.115. The zero-order chi connectivity index (χ0) is 18.7. The highest BCUT2D eigenvalue weighted by Gasteiger charge is 2.29. The summed E-state index contributed by atoms with van der Waals surface area (Å²) in [5.74, 6) is -0.510. The molecule has 1 aliphatic heterocycles. The van der Waals surface area contributed by atoms with Gasteiger partial charge in [0.1, 0.15) is 5.00 Å². The van der Waals surface area contributed by atoms with Crippen LogP contribution in [0.3, 0.4) is 0 Å². The van der Waals surface area contributed by atoms with Gasteiger partial charge in [-0.15, -0.1) is 35.1 Å². The van der Waals surface area contributed by atoms with E-state index in [9.17, 15) is 9.59 Å². The predicted octanol–water partition coefficient (Wildman–Crippen LogP) is 4.62. The normalized spacial score (nSPS) is 13.6. The molecule has 3 rings (SSSR count). The molecule has 0 saturated heterocycles. The summed E-state index contributed by atoms with van der Waals surface area (Å²) in [4.78, 5) is 29.3. The van der Waals surface area contributed by atoms with Gasteiger partial charge < -0.3 is 10.1 Å². The van der Waals surface area contributed by atoms with Crippen LogP contribution in [0.2, 0.25) is 4.34 Å². The van der Waals surface area contributed by atoms with Crippen LogP contribution in [-0.4, -0.2) is 36.5 Å². The third-order valence-electron chi connectivity index (χ3n) is 4.28. The molecule has 9 heteroatoms. The summed E-state index contributed by atoms with van der Waals surface area (Å²) >= 11 is 8.79. The molecule has 2 aromatic heterocycles. The first-order valence-electron chi connectivity index (χ1n) is 8.59. The summed E-state index contributed by atoms with van der Waals surface area (Å²) in [5.41, 5.74) is 1.55. The van der Waals surface area contributed by atoms with E-state index in [0.717, 1.165) is 41.4 Å². The Hall–Kier alpha value is -1.12. The van der Waals surface area contributed by atoms with E-state index in [1.54, 1.807) is 13.0 Å². The molecule has 2 aromatic rings. The lowest BCUT2D eigenvalue weighted by atomic mass is 10.0. The second-order valence-corrected chi connectivity index (χ2v) is 8.88. The third-order valence-corrected chi connectivity index (χ3v) is 6.64. The fourth-order valence-electron chi connectivity index (χ4n) is 3.01. The number of nitrogens with one attached hydrogen (secondary N) is 1. The Balaban J connectivity index is 0.00000261. The Morgan fingerprint density at radius 2 is 2.07 bits per heavy atom. The van der Waals surface area contributed by atoms with Crippen molar-refractivity contribution in [2.75, 3.05) is 25.0 Å². The summed E-state index contributed by atoms with van der Waals surface area (Å²) in [6.07, 6.45) is 1.04. The minimum atomic E-state index is -0.357. The van der Waals surface area contributed by atoms with E-state index in [1.165, 1.54) is 22.7 Å². The standard InChI is InChI=1S/C18H21ClN2O3S2.ClH/c1-3-21-8-7-12-13(10-21)26-17(16(12)18(23)24-4-2)20-15(22)9-11-5-6-14(19)25-11;/h5-6H,3-4,7-10H2,1-2H3,(H,20,22);1H. The Kier molecular flexibility index (Phi) is 8.12. The van der Waals surface area contributed by atoms with Crippen LogP contribution in [0.5, 0.6) is 0 Å². The van der Waals surface area contributed by atoms with E-state index < -0.39 is 0 Å². The van der Waals surface area contributed by atoms with Gasteiger partial charge in [0.2, 0.25) is 5.91 Å². The van der Waals surface area contributed by atoms with Crippen LogP contribution in [-0.2, 0) is 28.9 Å². The maximum absolute atomic E-state index is 12.5. The quantitative estimate of drug-likeness (QED) is 0.654. The van der Waals surface area contributed by atoms with Crippen molar-refractivity contribution in [2.45, 2.75) is 33.2 Å². The third kappa shape index (κ3) is 5.23. The Morgan fingerprint density at radius 1 is 1.30 bits per heavy atom. The Morgan fingerprint density at radius 3 is 2.70 bits per heavy atom. The fourth-order valence-corrected chi connectivity index (χ4v) is 5.39. The van der Waals surface area contributed by atoms with Crippen molar-refractivity contribution < 1.29 is 14.3 Å². The van der Waals surface area contributed by atoms with E-state index in [1.807, 2.05) is 6.07 Å². The number of nitrogens with zero attached hydrogens (tertiary/aromatic N) is 1. The average molecular weight is 449 g/mol. The molecular weight excluding hydrogens is 427 g/mol. The summed E-state index contributed by atoms with van der Waals surface area (Å²) in [6.45, 7) is 6.90. The van der Waals surface area contributed by atoms with Crippen LogP contribution in [0.25, 0.3) is 0 Å². The minimum absolute atomic E-state index is 0. The number of amides is 1. The monoisotopic (exact) mass is 448 g/mol. The number of anilines is 1. The van der Waals surface area contributed by atoms with Gasteiger partial charge in [-0.3, -0.25) is 9.69 Å². The van der Waals surface area contributed by atoms with Crippen LogP contribution < -0.4 is 5.32 Å². The molecule has 0 aromatic carbocycles. The summed E-state index contributed by atoms with van der Waals surface area (Å²) in [5, 5.41) is 3.52. The number of likely N-dealkylation sites (N-methyl/N-ethyl adjacent to an activating group) is 1. The molecule has 27 heavy (non-hydrogen) atoms. The van der Waals surface area contributed by atoms with Crippen molar-refractivity contribution in [2.24, 2.45) is 0 Å². The fraction of sp³-hybridized carbons (Fsp3) is 0.444. The molecule has 0 unspecified atom stereocenters. The zero-order valence-corrected chi connectivity index (χ0v) is 18.4. The van der Waals surface area contributed by atoms with E-state index in [4.69, 9.17) is 16.3 Å². The summed E-state index contributed by atoms with van der Waals surface area (Å²) in [7, 11) is 0. The molecule has 0 fully saturated rings. The summed E-state index contributed by atoms with van der Waals surface area (Å²) in [6, 6.07) is 3.62. The lowest BCUT2D eigenvalue weighted by Crippen LogP contribution is -2.30. The van der Waals surface area contributed by atoms with Gasteiger partial charge in [-0.2, -0.15) is 0 Å². The number of rotatable bonds is 6. The van der Waals surface area contributed by atoms with Crippen LogP contribution in [0.4, 0.5) is 5.00 Å². The SMILES string of the molecule is CCOC(=O)c1c(NC(=O)Cc2ccc(Cl)s2)sc2c1CCN(CC)C2.Cl. The number of ether oxygens (including phenoxy) is 1. The van der Waals surface area contributed by atoms with Crippen molar-refractivity contribution in [1.82, 2.24) is 4.90 Å². The number of carbonyl (C=O) groups excluding carboxylic acids is 2. The molecule has 1 aliphatic rings. The molecular formula is C18H22Cl2N2O3S2. The van der Waals surface area contributed by atoms with Crippen molar-refractivity contribution >= 4 is 63.6 Å². The zero-order valence-electron chi connectivity index (χ0n) is 15.2. The van der Waals surface area contributed by atoms with E-state index in [-0.39, 0.29) is 30.7 Å². The van der Waals surface area contributed by atoms with Crippen molar-refractivity contribution in [1.29, 1.82) is 0 Å². The van der Waals surface area contributed by atoms with Crippen molar-refractivity contribution in [3.8, 4) is 0 Å². The van der Waals surface area contributed by atoms with Crippen LogP contribution in [0.1, 0.15) is 39.5 Å². The number of hydrogen-bond donors (Lipinski definition) is 1. The number of halogens is 2. The van der Waals surface area contributed by atoms with Crippen LogP contribution >= 0.6 is 46.7 Å². The van der Waals surface area contributed by atoms with Gasteiger partial charge in [0, 0.05) is 22.8 Å². The molecule has 148 valence electrons. The van der Waals surface area contributed by atoms with Gasteiger partial charge >= 0.3 is 5.97 Å². The maximum atomic E-state index is 12.5. The largest absolute Gasteiger partial charge is 0.462 e. The molecule has 0 saturated carbocycles. The van der Waals surface area contributed by atoms with Gasteiger partial charge in [0.15, 0.2) is 0 Å². The molecule has 1 amide bonds. The second kappa shape index (κ2) is 9.89. The highest BCUT2D eigenvalue weighted by molar-refractivity contribution is 7.17. The van der Waals surface area contributed by atoms with Crippen molar-refractivity contribution in [3.63, 3.8) is 0 Å². The minimum Gasteiger partial charge on any atom is -0.462 e. The number of hydrogen-bond acceptors (Lipinski definition) is 6.